The number of carbonyl (C=O) groups is 2. The quantitative estimate of drug-likeness (QED) is 0.488. The molecule has 0 saturated carbocycles. The van der Waals surface area contributed by atoms with E-state index in [0.29, 0.717) is 41.8 Å². The average Bonchev–Trinajstić information content (AvgIpc) is 3.43. The Bertz CT molecular complexity index is 1360. The molecule has 2 amide bonds. The average molecular weight is 540 g/mol. The number of benzene rings is 2. The van der Waals surface area contributed by atoms with Crippen LogP contribution in [0, 0.1) is 0 Å². The molecule has 0 bridgehead atoms. The number of alkyl halides is 2. The Morgan fingerprint density at radius 1 is 1.08 bits per heavy atom. The monoisotopic (exact) mass is 539 g/mol. The second-order valence-electron chi connectivity index (χ2n) is 10.3. The third-order valence-electron chi connectivity index (χ3n) is 7.40. The summed E-state index contributed by atoms with van der Waals surface area (Å²) < 4.78 is 42.7. The standard InChI is InChI=1S/C28H31F2N5O4/c1-17(2)24-33-26(39-34-24)35-12-10-27(11-13-35)28(29,30)15-21-14-20(8-9-22(21)38-27)18-4-6-19(7-5-18)25(37)32-16-23(36)31-3/h4-9,14,17H,10-13,15-16H2,1-3H3,(H,31,36)(H,32,37). The number of ether oxygens (including phenoxy) is 1. The van der Waals surface area contributed by atoms with Crippen LogP contribution in [-0.2, 0) is 11.2 Å². The third-order valence-corrected chi connectivity index (χ3v) is 7.40. The number of aromatic nitrogens is 2. The number of likely N-dealkylation sites (N-methyl/N-ethyl adjacent to an activating group) is 1. The number of piperidine rings is 1. The van der Waals surface area contributed by atoms with Gasteiger partial charge in [-0.25, -0.2) is 8.78 Å². The van der Waals surface area contributed by atoms with Crippen LogP contribution in [0.3, 0.4) is 0 Å². The summed E-state index contributed by atoms with van der Waals surface area (Å²) in [6.45, 7) is 4.46. The van der Waals surface area contributed by atoms with Crippen LogP contribution in [0.5, 0.6) is 5.75 Å². The second-order valence-corrected chi connectivity index (χ2v) is 10.3. The summed E-state index contributed by atoms with van der Waals surface area (Å²) >= 11 is 0. The van der Waals surface area contributed by atoms with Crippen molar-refractivity contribution in [1.82, 2.24) is 20.8 Å². The van der Waals surface area contributed by atoms with Gasteiger partial charge in [0.05, 0.1) is 6.54 Å². The lowest BCUT2D eigenvalue weighted by Gasteiger charge is -2.48. The lowest BCUT2D eigenvalue weighted by molar-refractivity contribution is -0.185. The van der Waals surface area contributed by atoms with Gasteiger partial charge in [-0.15, -0.1) is 0 Å². The van der Waals surface area contributed by atoms with E-state index in [4.69, 9.17) is 9.26 Å². The van der Waals surface area contributed by atoms with Crippen molar-refractivity contribution in [1.29, 1.82) is 0 Å². The van der Waals surface area contributed by atoms with Gasteiger partial charge >= 0.3 is 6.01 Å². The smallest absolute Gasteiger partial charge is 0.324 e. The summed E-state index contributed by atoms with van der Waals surface area (Å²) in [4.78, 5) is 29.8. The summed E-state index contributed by atoms with van der Waals surface area (Å²) in [7, 11) is 1.49. The van der Waals surface area contributed by atoms with Crippen LogP contribution in [0.2, 0.25) is 0 Å². The molecular weight excluding hydrogens is 508 g/mol. The molecule has 2 N–H and O–H groups in total. The molecule has 1 aromatic heterocycles. The number of fused-ring (bicyclic) bond motifs is 1. The fourth-order valence-electron chi connectivity index (χ4n) is 4.96. The molecule has 11 heteroatoms. The Labute approximate surface area is 224 Å². The van der Waals surface area contributed by atoms with Crippen molar-refractivity contribution in [3.05, 3.63) is 59.4 Å². The highest BCUT2D eigenvalue weighted by Gasteiger charge is 2.59. The zero-order valence-electron chi connectivity index (χ0n) is 22.1. The van der Waals surface area contributed by atoms with Gasteiger partial charge in [0.25, 0.3) is 11.8 Å². The molecule has 3 heterocycles. The predicted molar refractivity (Wildman–Crippen MR) is 140 cm³/mol. The topological polar surface area (TPSA) is 110 Å². The van der Waals surface area contributed by atoms with Gasteiger partial charge in [-0.1, -0.05) is 37.2 Å². The van der Waals surface area contributed by atoms with Crippen LogP contribution in [0.15, 0.2) is 47.0 Å². The highest BCUT2D eigenvalue weighted by Crippen LogP contribution is 2.49. The number of nitrogens with one attached hydrogen (secondary N) is 2. The lowest BCUT2D eigenvalue weighted by Crippen LogP contribution is -2.61. The number of amides is 2. The van der Waals surface area contributed by atoms with Crippen molar-refractivity contribution in [2.24, 2.45) is 0 Å². The van der Waals surface area contributed by atoms with Gasteiger partial charge in [-0.2, -0.15) is 4.98 Å². The Kier molecular flexibility index (Phi) is 7.00. The van der Waals surface area contributed by atoms with Crippen LogP contribution in [0.4, 0.5) is 14.8 Å². The zero-order chi connectivity index (χ0) is 27.8. The summed E-state index contributed by atoms with van der Waals surface area (Å²) in [5, 5.41) is 8.95. The highest BCUT2D eigenvalue weighted by molar-refractivity contribution is 5.96. The van der Waals surface area contributed by atoms with E-state index in [9.17, 15) is 9.59 Å². The molecule has 0 aliphatic carbocycles. The Hall–Kier alpha value is -4.02. The van der Waals surface area contributed by atoms with E-state index >= 15 is 8.78 Å². The molecule has 2 aliphatic heterocycles. The van der Waals surface area contributed by atoms with Crippen LogP contribution in [-0.4, -0.2) is 60.2 Å². The van der Waals surface area contributed by atoms with Crippen LogP contribution < -0.4 is 20.3 Å². The van der Waals surface area contributed by atoms with Gasteiger partial charge in [-0.05, 0) is 35.4 Å². The maximum absolute atomic E-state index is 15.6. The van der Waals surface area contributed by atoms with Gasteiger partial charge < -0.3 is 24.8 Å². The highest BCUT2D eigenvalue weighted by atomic mass is 19.3. The van der Waals surface area contributed by atoms with E-state index in [1.807, 2.05) is 24.8 Å². The van der Waals surface area contributed by atoms with E-state index in [-0.39, 0.29) is 37.1 Å². The minimum Gasteiger partial charge on any atom is -0.481 e. The number of nitrogens with zero attached hydrogens (tertiary/aromatic N) is 3. The fraction of sp³-hybridized carbons (Fsp3) is 0.429. The molecule has 2 aromatic carbocycles. The number of anilines is 1. The molecule has 206 valence electrons. The molecule has 5 rings (SSSR count). The molecule has 2 aliphatic rings. The van der Waals surface area contributed by atoms with Crippen molar-refractivity contribution in [3.8, 4) is 16.9 Å². The summed E-state index contributed by atoms with van der Waals surface area (Å²) in [5.74, 6) is -2.57. The number of hydrogen-bond acceptors (Lipinski definition) is 7. The van der Waals surface area contributed by atoms with Gasteiger partial charge in [-0.3, -0.25) is 9.59 Å². The van der Waals surface area contributed by atoms with Crippen molar-refractivity contribution in [2.45, 2.75) is 50.6 Å². The van der Waals surface area contributed by atoms with Gasteiger partial charge in [0.2, 0.25) is 5.91 Å². The SMILES string of the molecule is CNC(=O)CNC(=O)c1ccc(-c2ccc3c(c2)CC(F)(F)C2(CCN(c4nc(C(C)C)no4)CC2)O3)cc1. The molecule has 0 unspecified atom stereocenters. The summed E-state index contributed by atoms with van der Waals surface area (Å²) in [5.41, 5.74) is 0.760. The zero-order valence-corrected chi connectivity index (χ0v) is 22.1. The van der Waals surface area contributed by atoms with E-state index in [1.165, 1.54) is 7.05 Å². The second kappa shape index (κ2) is 10.3. The van der Waals surface area contributed by atoms with Gasteiger partial charge in [0, 0.05) is 56.4 Å². The first-order chi connectivity index (χ1) is 18.6. The van der Waals surface area contributed by atoms with E-state index in [2.05, 4.69) is 20.8 Å². The molecule has 0 atom stereocenters. The number of carbonyl (C=O) groups excluding carboxylic acids is 2. The molecule has 9 nitrogen and oxygen atoms in total. The lowest BCUT2D eigenvalue weighted by atomic mass is 9.79. The van der Waals surface area contributed by atoms with Gasteiger partial charge in [0.1, 0.15) is 5.75 Å². The first-order valence-electron chi connectivity index (χ1n) is 13.0. The Morgan fingerprint density at radius 2 is 1.77 bits per heavy atom. The van der Waals surface area contributed by atoms with Crippen LogP contribution in [0.25, 0.3) is 11.1 Å². The minimum absolute atomic E-state index is 0.115. The fourth-order valence-corrected chi connectivity index (χ4v) is 4.96. The maximum Gasteiger partial charge on any atom is 0.324 e. The predicted octanol–water partition coefficient (Wildman–Crippen LogP) is 3.95. The largest absolute Gasteiger partial charge is 0.481 e. The van der Waals surface area contributed by atoms with E-state index < -0.39 is 17.9 Å². The maximum atomic E-state index is 15.6. The Morgan fingerprint density at radius 3 is 2.41 bits per heavy atom. The van der Waals surface area contributed by atoms with Crippen molar-refractivity contribution in [3.63, 3.8) is 0 Å². The third kappa shape index (κ3) is 5.17. The van der Waals surface area contributed by atoms with Crippen LogP contribution in [0.1, 0.15) is 54.4 Å². The van der Waals surface area contributed by atoms with E-state index in [1.54, 1.807) is 36.4 Å². The van der Waals surface area contributed by atoms with Gasteiger partial charge in [0.15, 0.2) is 11.4 Å². The van der Waals surface area contributed by atoms with E-state index in [0.717, 1.165) is 11.1 Å². The molecule has 3 aromatic rings. The number of hydrogen-bond donors (Lipinski definition) is 2. The Balaban J connectivity index is 1.28. The normalized spacial score (nSPS) is 17.4. The van der Waals surface area contributed by atoms with Crippen molar-refractivity contribution in [2.75, 3.05) is 31.6 Å². The number of rotatable bonds is 6. The summed E-state index contributed by atoms with van der Waals surface area (Å²) in [6.07, 6.45) is -0.164. The summed E-state index contributed by atoms with van der Waals surface area (Å²) in [6, 6.07) is 12.4. The molecule has 1 fully saturated rings. The molecule has 1 spiro atoms. The molecular formula is C28H31F2N5O4. The van der Waals surface area contributed by atoms with Crippen molar-refractivity contribution < 1.29 is 27.6 Å². The first kappa shape index (κ1) is 26.6. The first-order valence-corrected chi connectivity index (χ1v) is 13.0. The molecule has 0 radical (unpaired) electrons. The minimum atomic E-state index is -3.06. The molecule has 1 saturated heterocycles. The van der Waals surface area contributed by atoms with Crippen LogP contribution >= 0.6 is 0 Å². The number of halogens is 2. The molecule has 39 heavy (non-hydrogen) atoms. The van der Waals surface area contributed by atoms with Crippen molar-refractivity contribution >= 4 is 17.8 Å².